The largest absolute Gasteiger partial charge is 0.303 e. The Morgan fingerprint density at radius 2 is 2.00 bits per heavy atom. The summed E-state index contributed by atoms with van der Waals surface area (Å²) in [5, 5.41) is 0. The third kappa shape index (κ3) is 3.33. The summed E-state index contributed by atoms with van der Waals surface area (Å²) < 4.78 is 24.6. The summed E-state index contributed by atoms with van der Waals surface area (Å²) in [6.45, 7) is 1.58. The maximum absolute atomic E-state index is 10.9. The second kappa shape index (κ2) is 3.68. The van der Waals surface area contributed by atoms with Gasteiger partial charge in [-0.25, -0.2) is 4.72 Å². The molecule has 0 unspecified atom stereocenters. The Morgan fingerprint density at radius 1 is 1.55 bits per heavy atom. The van der Waals surface area contributed by atoms with Crippen molar-refractivity contribution in [3.8, 4) is 0 Å². The summed E-state index contributed by atoms with van der Waals surface area (Å²) in [6, 6.07) is 0. The molecule has 0 aliphatic carbocycles. The van der Waals surface area contributed by atoms with Gasteiger partial charge in [-0.2, -0.15) is 12.7 Å². The highest BCUT2D eigenvalue weighted by atomic mass is 32.2. The smallest absolute Gasteiger partial charge is 0.274 e. The van der Waals surface area contributed by atoms with Crippen molar-refractivity contribution < 1.29 is 14.6 Å². The molecule has 0 aliphatic rings. The summed E-state index contributed by atoms with van der Waals surface area (Å²) in [5.74, 6) is -0.501. The summed E-state index contributed by atoms with van der Waals surface area (Å²) in [6.07, 6.45) is 0.160. The minimum Gasteiger partial charge on any atom is -0.274 e. The van der Waals surface area contributed by atoms with Crippen LogP contribution in [0.4, 0.5) is 0 Å². The van der Waals surface area contributed by atoms with Crippen molar-refractivity contribution in [1.82, 2.24) is 9.03 Å². The van der Waals surface area contributed by atoms with E-state index >= 15 is 0 Å². The average molecular weight is 182 g/mol. The van der Waals surface area contributed by atoms with E-state index in [1.54, 1.807) is 6.92 Å². The average Bonchev–Trinajstić information content (AvgIpc) is 1.86. The zero-order chi connectivity index (χ0) is 9.07. The van der Waals surface area contributed by atoms with Gasteiger partial charge in [0, 0.05) is 21.9 Å². The maximum atomic E-state index is 10.9. The van der Waals surface area contributed by atoms with Gasteiger partial charge in [0.2, 0.25) is 5.91 Å². The lowest BCUT2D eigenvalue weighted by Crippen LogP contribution is -2.39. The molecule has 0 atom stereocenters. The molecule has 0 aromatic rings. The van der Waals surface area contributed by atoms with E-state index in [2.05, 4.69) is 0 Å². The van der Waals surface area contributed by atoms with Gasteiger partial charge in [-0.1, -0.05) is 6.92 Å². The molecule has 0 saturated carbocycles. The molecule has 5 nitrogen and oxygen atoms in total. The Bertz CT molecular complexity index is 237. The van der Waals surface area contributed by atoms with Gasteiger partial charge in [-0.3, -0.25) is 4.79 Å². The van der Waals surface area contributed by atoms with Gasteiger partial charge >= 0.3 is 10.2 Å². The Kier molecular flexibility index (Phi) is 3.47. The van der Waals surface area contributed by atoms with Gasteiger partial charge in [0.25, 0.3) is 0 Å². The van der Waals surface area contributed by atoms with Crippen LogP contribution in [0.1, 0.15) is 14.8 Å². The van der Waals surface area contributed by atoms with Crippen LogP contribution in [0, 0.1) is 0 Å². The van der Waals surface area contributed by atoms with Gasteiger partial charge in [0.15, 0.2) is 0 Å². The van der Waals surface area contributed by atoms with E-state index in [1.165, 1.54) is 14.1 Å². The number of hydrogen-bond donors (Lipinski definition) is 1. The SMILES string of the molecule is CCC(=O)NS(=O)(=O)N(C)C.[HH]. The summed E-state index contributed by atoms with van der Waals surface area (Å²) in [4.78, 5) is 10.6. The molecule has 6 heteroatoms. The fourth-order valence-corrected chi connectivity index (χ4v) is 0.922. The number of hydrogen-bond acceptors (Lipinski definition) is 3. The Labute approximate surface area is 68.1 Å². The molecular formula is C5H14N2O3S. The van der Waals surface area contributed by atoms with E-state index < -0.39 is 16.1 Å². The second-order valence-corrected chi connectivity index (χ2v) is 4.05. The lowest BCUT2D eigenvalue weighted by Gasteiger charge is -2.10. The first-order valence-electron chi connectivity index (χ1n) is 3.13. The molecule has 0 heterocycles. The first-order chi connectivity index (χ1) is 4.90. The number of nitrogens with zero attached hydrogens (tertiary/aromatic N) is 1. The molecule has 0 aromatic carbocycles. The molecule has 68 valence electrons. The quantitative estimate of drug-likeness (QED) is 0.643. The zero-order valence-corrected chi connectivity index (χ0v) is 7.60. The summed E-state index contributed by atoms with van der Waals surface area (Å²) in [5.41, 5.74) is 0. The number of amides is 1. The number of carbonyl (C=O) groups is 1. The molecule has 0 saturated heterocycles. The first-order valence-corrected chi connectivity index (χ1v) is 4.57. The minimum atomic E-state index is -3.58. The second-order valence-electron chi connectivity index (χ2n) is 2.17. The fourth-order valence-electron chi connectivity index (χ4n) is 0.307. The van der Waals surface area contributed by atoms with Crippen molar-refractivity contribution in [2.24, 2.45) is 0 Å². The number of nitrogens with one attached hydrogen (secondary N) is 1. The van der Waals surface area contributed by atoms with Crippen LogP contribution in [0.3, 0.4) is 0 Å². The van der Waals surface area contributed by atoms with E-state index in [1.807, 2.05) is 4.72 Å². The van der Waals surface area contributed by atoms with Gasteiger partial charge < -0.3 is 0 Å². The van der Waals surface area contributed by atoms with Crippen LogP contribution in [0.25, 0.3) is 0 Å². The van der Waals surface area contributed by atoms with Gasteiger partial charge in [-0.15, -0.1) is 0 Å². The van der Waals surface area contributed by atoms with Crippen LogP contribution >= 0.6 is 0 Å². The Balaban J connectivity index is 0. The molecule has 0 aliphatic heterocycles. The van der Waals surface area contributed by atoms with Crippen LogP contribution in [0.15, 0.2) is 0 Å². The van der Waals surface area contributed by atoms with Gasteiger partial charge in [0.1, 0.15) is 0 Å². The van der Waals surface area contributed by atoms with Crippen LogP contribution in [0.2, 0.25) is 0 Å². The highest BCUT2D eigenvalue weighted by Gasteiger charge is 2.14. The number of carbonyl (C=O) groups excluding carboxylic acids is 1. The minimum absolute atomic E-state index is 0. The topological polar surface area (TPSA) is 66.5 Å². The molecule has 11 heavy (non-hydrogen) atoms. The summed E-state index contributed by atoms with van der Waals surface area (Å²) in [7, 11) is -0.871. The van der Waals surface area contributed by atoms with E-state index in [4.69, 9.17) is 0 Å². The number of rotatable bonds is 3. The van der Waals surface area contributed by atoms with Crippen molar-refractivity contribution in [3.05, 3.63) is 0 Å². The molecule has 0 spiro atoms. The molecule has 0 rings (SSSR count). The monoisotopic (exact) mass is 182 g/mol. The predicted molar refractivity (Wildman–Crippen MR) is 43.2 cm³/mol. The molecule has 0 aromatic heterocycles. The van der Waals surface area contributed by atoms with E-state index in [9.17, 15) is 13.2 Å². The highest BCUT2D eigenvalue weighted by molar-refractivity contribution is 7.87. The Morgan fingerprint density at radius 3 is 2.27 bits per heavy atom. The van der Waals surface area contributed by atoms with Crippen LogP contribution in [-0.2, 0) is 15.0 Å². The predicted octanol–water partition coefficient (Wildman–Crippen LogP) is -0.435. The molecule has 0 bridgehead atoms. The normalized spacial score (nSPS) is 11.6. The molecular weight excluding hydrogens is 168 g/mol. The van der Waals surface area contributed by atoms with E-state index in [-0.39, 0.29) is 7.85 Å². The highest BCUT2D eigenvalue weighted by Crippen LogP contribution is 1.88. The van der Waals surface area contributed by atoms with Gasteiger partial charge in [0.05, 0.1) is 0 Å². The van der Waals surface area contributed by atoms with Crippen molar-refractivity contribution in [1.29, 1.82) is 0 Å². The molecule has 0 radical (unpaired) electrons. The standard InChI is InChI=1S/C5H12N2O3S.H2/c1-4-5(8)6-11(9,10)7(2)3;/h4H2,1-3H3,(H,6,8);1H. The Hall–Kier alpha value is -0.620. The first kappa shape index (κ1) is 10.4. The van der Waals surface area contributed by atoms with Crippen molar-refractivity contribution in [2.75, 3.05) is 14.1 Å². The zero-order valence-electron chi connectivity index (χ0n) is 6.79. The van der Waals surface area contributed by atoms with Crippen LogP contribution < -0.4 is 4.72 Å². The van der Waals surface area contributed by atoms with Crippen LogP contribution in [0.5, 0.6) is 0 Å². The fraction of sp³-hybridized carbons (Fsp3) is 0.800. The lowest BCUT2D eigenvalue weighted by molar-refractivity contribution is -0.119. The third-order valence-corrected chi connectivity index (χ3v) is 2.49. The maximum Gasteiger partial charge on any atom is 0.303 e. The van der Waals surface area contributed by atoms with E-state index in [0.717, 1.165) is 4.31 Å². The van der Waals surface area contributed by atoms with Gasteiger partial charge in [-0.05, 0) is 0 Å². The van der Waals surface area contributed by atoms with Crippen molar-refractivity contribution in [2.45, 2.75) is 13.3 Å². The molecule has 1 amide bonds. The van der Waals surface area contributed by atoms with Crippen molar-refractivity contribution >= 4 is 16.1 Å². The van der Waals surface area contributed by atoms with Crippen molar-refractivity contribution in [3.63, 3.8) is 0 Å². The molecule has 0 fully saturated rings. The lowest BCUT2D eigenvalue weighted by atomic mass is 10.5. The molecule has 1 N–H and O–H groups in total. The van der Waals surface area contributed by atoms with E-state index in [0.29, 0.717) is 0 Å². The summed E-state index contributed by atoms with van der Waals surface area (Å²) >= 11 is 0. The third-order valence-electron chi connectivity index (χ3n) is 1.04. The van der Waals surface area contributed by atoms with Crippen LogP contribution in [-0.4, -0.2) is 32.7 Å².